The van der Waals surface area contributed by atoms with Gasteiger partial charge in [0.05, 0.1) is 22.1 Å². The van der Waals surface area contributed by atoms with Gasteiger partial charge < -0.3 is 10.6 Å². The number of nitrogens with one attached hydrogen (secondary N) is 2. The highest BCUT2D eigenvalue weighted by molar-refractivity contribution is 5.94. The lowest BCUT2D eigenvalue weighted by molar-refractivity contribution is -0.384. The van der Waals surface area contributed by atoms with E-state index in [1.54, 1.807) is 18.2 Å². The van der Waals surface area contributed by atoms with Crippen molar-refractivity contribution in [2.75, 3.05) is 5.32 Å². The summed E-state index contributed by atoms with van der Waals surface area (Å²) in [5, 5.41) is 27.0. The minimum Gasteiger partial charge on any atom is -0.366 e. The number of benzene rings is 2. The van der Waals surface area contributed by atoms with Crippen molar-refractivity contribution in [3.8, 4) is 6.07 Å². The SMILES string of the molecule is CCC(C)NC(=O)c1cccc(CNc2cc(C#N)c3cc([N+](=O)[O-])ccc3n2)c1. The topological polar surface area (TPSA) is 121 Å². The molecule has 8 nitrogen and oxygen atoms in total. The van der Waals surface area contributed by atoms with Gasteiger partial charge >= 0.3 is 0 Å². The van der Waals surface area contributed by atoms with Crippen molar-refractivity contribution in [3.63, 3.8) is 0 Å². The van der Waals surface area contributed by atoms with Crippen LogP contribution in [-0.2, 0) is 6.54 Å². The van der Waals surface area contributed by atoms with E-state index < -0.39 is 4.92 Å². The molecule has 1 atom stereocenters. The second kappa shape index (κ2) is 9.01. The molecule has 2 aromatic carbocycles. The summed E-state index contributed by atoms with van der Waals surface area (Å²) in [5.74, 6) is 0.353. The maximum Gasteiger partial charge on any atom is 0.270 e. The fourth-order valence-electron chi connectivity index (χ4n) is 2.93. The summed E-state index contributed by atoms with van der Waals surface area (Å²) in [6.45, 7) is 4.37. The Hall–Kier alpha value is -3.99. The number of nitrogens with zero attached hydrogens (tertiary/aromatic N) is 3. The Balaban J connectivity index is 1.80. The first-order valence-electron chi connectivity index (χ1n) is 9.54. The van der Waals surface area contributed by atoms with Gasteiger partial charge in [-0.2, -0.15) is 5.26 Å². The summed E-state index contributed by atoms with van der Waals surface area (Å²) >= 11 is 0. The Morgan fingerprint density at radius 3 is 2.77 bits per heavy atom. The molecule has 1 unspecified atom stereocenters. The molecule has 0 spiro atoms. The minimum absolute atomic E-state index is 0.0889. The van der Waals surface area contributed by atoms with Crippen LogP contribution in [0.1, 0.15) is 41.8 Å². The first kappa shape index (κ1) is 20.7. The van der Waals surface area contributed by atoms with Crippen LogP contribution < -0.4 is 10.6 Å². The Morgan fingerprint density at radius 1 is 1.27 bits per heavy atom. The van der Waals surface area contributed by atoms with E-state index in [0.29, 0.717) is 34.4 Å². The number of non-ortho nitro benzene ring substituents is 1. The highest BCUT2D eigenvalue weighted by atomic mass is 16.6. The van der Waals surface area contributed by atoms with Crippen molar-refractivity contribution in [1.29, 1.82) is 5.26 Å². The van der Waals surface area contributed by atoms with E-state index in [1.807, 2.05) is 26.0 Å². The standard InChI is InChI=1S/C22H21N5O3/c1-3-14(2)25-22(28)16-6-4-5-15(9-16)13-24-21-10-17(12-23)19-11-18(27(29)30)7-8-20(19)26-21/h4-11,14H,3,13H2,1-2H3,(H,24,26)(H,25,28). The number of fused-ring (bicyclic) bond motifs is 1. The number of aromatic nitrogens is 1. The molecule has 1 aromatic heterocycles. The quantitative estimate of drug-likeness (QED) is 0.451. The smallest absolute Gasteiger partial charge is 0.270 e. The average molecular weight is 403 g/mol. The summed E-state index contributed by atoms with van der Waals surface area (Å²) in [6.07, 6.45) is 0.852. The first-order chi connectivity index (χ1) is 14.4. The van der Waals surface area contributed by atoms with Crippen LogP contribution in [0.3, 0.4) is 0 Å². The Bertz CT molecular complexity index is 1150. The molecule has 0 saturated heterocycles. The normalized spacial score (nSPS) is 11.5. The number of nitro benzene ring substituents is 1. The van der Waals surface area contributed by atoms with E-state index in [4.69, 9.17) is 0 Å². The van der Waals surface area contributed by atoms with Crippen LogP contribution in [0.25, 0.3) is 10.9 Å². The Labute approximate surface area is 173 Å². The van der Waals surface area contributed by atoms with Crippen molar-refractivity contribution in [2.45, 2.75) is 32.9 Å². The fraction of sp³-hybridized carbons (Fsp3) is 0.227. The summed E-state index contributed by atoms with van der Waals surface area (Å²) in [6, 6.07) is 15.2. The van der Waals surface area contributed by atoms with E-state index in [1.165, 1.54) is 18.2 Å². The molecule has 0 saturated carbocycles. The van der Waals surface area contributed by atoms with Gasteiger partial charge in [0.2, 0.25) is 0 Å². The molecule has 152 valence electrons. The van der Waals surface area contributed by atoms with Gasteiger partial charge in [-0.3, -0.25) is 14.9 Å². The van der Waals surface area contributed by atoms with Crippen molar-refractivity contribution in [3.05, 3.63) is 75.3 Å². The van der Waals surface area contributed by atoms with E-state index in [0.717, 1.165) is 12.0 Å². The predicted octanol–water partition coefficient (Wildman–Crippen LogP) is 4.16. The van der Waals surface area contributed by atoms with E-state index >= 15 is 0 Å². The molecule has 1 heterocycles. The van der Waals surface area contributed by atoms with Crippen LogP contribution >= 0.6 is 0 Å². The lowest BCUT2D eigenvalue weighted by Gasteiger charge is -2.12. The summed E-state index contributed by atoms with van der Waals surface area (Å²) in [7, 11) is 0. The number of nitro groups is 1. The van der Waals surface area contributed by atoms with Gasteiger partial charge in [-0.1, -0.05) is 19.1 Å². The van der Waals surface area contributed by atoms with Crippen molar-refractivity contribution >= 4 is 28.3 Å². The lowest BCUT2D eigenvalue weighted by atomic mass is 10.1. The molecular weight excluding hydrogens is 382 g/mol. The molecule has 0 aliphatic rings. The van der Waals surface area contributed by atoms with Crippen molar-refractivity contribution < 1.29 is 9.72 Å². The zero-order valence-corrected chi connectivity index (χ0v) is 16.7. The van der Waals surface area contributed by atoms with Gasteiger partial charge in [-0.25, -0.2) is 4.98 Å². The minimum atomic E-state index is -0.503. The molecule has 0 aliphatic heterocycles. The number of amides is 1. The second-order valence-corrected chi connectivity index (χ2v) is 6.96. The first-order valence-corrected chi connectivity index (χ1v) is 9.54. The number of nitriles is 1. The third-order valence-electron chi connectivity index (χ3n) is 4.78. The van der Waals surface area contributed by atoms with Crippen LogP contribution in [0.2, 0.25) is 0 Å². The van der Waals surface area contributed by atoms with E-state index in [9.17, 15) is 20.2 Å². The molecule has 3 rings (SSSR count). The van der Waals surface area contributed by atoms with Crippen molar-refractivity contribution in [1.82, 2.24) is 10.3 Å². The molecule has 1 amide bonds. The van der Waals surface area contributed by atoms with Crippen LogP contribution in [0.15, 0.2) is 48.5 Å². The highest BCUT2D eigenvalue weighted by Gasteiger charge is 2.12. The average Bonchev–Trinajstić information content (AvgIpc) is 2.76. The van der Waals surface area contributed by atoms with Gasteiger partial charge in [0.25, 0.3) is 11.6 Å². The number of hydrogen-bond donors (Lipinski definition) is 2. The Kier molecular flexibility index (Phi) is 6.23. The maximum atomic E-state index is 12.3. The summed E-state index contributed by atoms with van der Waals surface area (Å²) in [5.41, 5.74) is 2.16. The summed E-state index contributed by atoms with van der Waals surface area (Å²) < 4.78 is 0. The van der Waals surface area contributed by atoms with Crippen LogP contribution in [-0.4, -0.2) is 21.9 Å². The second-order valence-electron chi connectivity index (χ2n) is 6.96. The number of anilines is 1. The third kappa shape index (κ3) is 4.70. The number of carbonyl (C=O) groups is 1. The van der Waals surface area contributed by atoms with Gasteiger partial charge in [0.1, 0.15) is 5.82 Å². The number of hydrogen-bond acceptors (Lipinski definition) is 6. The fourth-order valence-corrected chi connectivity index (χ4v) is 2.93. The van der Waals surface area contributed by atoms with E-state index in [2.05, 4.69) is 21.7 Å². The molecule has 0 aliphatic carbocycles. The van der Waals surface area contributed by atoms with Crippen LogP contribution in [0, 0.1) is 21.4 Å². The number of rotatable bonds is 7. The van der Waals surface area contributed by atoms with Gasteiger partial charge in [-0.15, -0.1) is 0 Å². The zero-order chi connectivity index (χ0) is 21.7. The largest absolute Gasteiger partial charge is 0.366 e. The monoisotopic (exact) mass is 403 g/mol. The molecule has 0 bridgehead atoms. The van der Waals surface area contributed by atoms with E-state index in [-0.39, 0.29) is 17.6 Å². The highest BCUT2D eigenvalue weighted by Crippen LogP contribution is 2.25. The molecule has 0 fully saturated rings. The molecule has 30 heavy (non-hydrogen) atoms. The molecule has 2 N–H and O–H groups in total. The summed E-state index contributed by atoms with van der Waals surface area (Å²) in [4.78, 5) is 27.2. The third-order valence-corrected chi connectivity index (χ3v) is 4.78. The van der Waals surface area contributed by atoms with Crippen molar-refractivity contribution in [2.24, 2.45) is 0 Å². The predicted molar refractivity (Wildman–Crippen MR) is 114 cm³/mol. The Morgan fingerprint density at radius 2 is 2.07 bits per heavy atom. The molecule has 0 radical (unpaired) electrons. The van der Waals surface area contributed by atoms with Gasteiger partial charge in [-0.05, 0) is 43.2 Å². The zero-order valence-electron chi connectivity index (χ0n) is 16.7. The van der Waals surface area contributed by atoms with Crippen LogP contribution in [0.4, 0.5) is 11.5 Å². The lowest BCUT2D eigenvalue weighted by Crippen LogP contribution is -2.31. The number of carbonyl (C=O) groups excluding carboxylic acids is 1. The molecular formula is C22H21N5O3. The van der Waals surface area contributed by atoms with Crippen LogP contribution in [0.5, 0.6) is 0 Å². The number of pyridine rings is 1. The molecule has 3 aromatic rings. The maximum absolute atomic E-state index is 12.3. The van der Waals surface area contributed by atoms with Gasteiger partial charge in [0.15, 0.2) is 0 Å². The molecule has 8 heteroatoms. The van der Waals surface area contributed by atoms with Gasteiger partial charge in [0, 0.05) is 35.7 Å².